The molecular weight excluding hydrogens is 372 g/mol. The summed E-state index contributed by atoms with van der Waals surface area (Å²) in [6, 6.07) is 0. The van der Waals surface area contributed by atoms with Gasteiger partial charge in [-0.15, -0.1) is 0 Å². The van der Waals surface area contributed by atoms with E-state index in [2.05, 4.69) is 4.90 Å². The normalized spacial score (nSPS) is 26.6. The lowest BCUT2D eigenvalue weighted by Gasteiger charge is -2.26. The molecule has 2 aliphatic heterocycles. The van der Waals surface area contributed by atoms with Crippen LogP contribution in [-0.4, -0.2) is 75.0 Å². The van der Waals surface area contributed by atoms with E-state index in [1.54, 1.807) is 13.8 Å². The van der Waals surface area contributed by atoms with Crippen LogP contribution in [0.4, 0.5) is 0 Å². The Morgan fingerprint density at radius 1 is 1.00 bits per heavy atom. The highest BCUT2D eigenvalue weighted by molar-refractivity contribution is 7.92. The predicted molar refractivity (Wildman–Crippen MR) is 107 cm³/mol. The summed E-state index contributed by atoms with van der Waals surface area (Å²) in [6.45, 7) is 8.81. The first-order valence-electron chi connectivity index (χ1n) is 10.1. The lowest BCUT2D eigenvalue weighted by molar-refractivity contribution is 0.229. The molecule has 2 fully saturated rings. The average molecular weight is 409 g/mol. The number of likely N-dealkylation sites (tertiary alicyclic amines) is 1. The van der Waals surface area contributed by atoms with E-state index >= 15 is 0 Å². The molecule has 0 aromatic heterocycles. The highest BCUT2D eigenvalue weighted by Gasteiger charge is 2.44. The molecule has 0 spiro atoms. The summed E-state index contributed by atoms with van der Waals surface area (Å²) >= 11 is 0. The Morgan fingerprint density at radius 2 is 1.65 bits per heavy atom. The van der Waals surface area contributed by atoms with E-state index in [9.17, 15) is 16.8 Å². The molecule has 0 aromatic carbocycles. The molecule has 6 nitrogen and oxygen atoms in total. The summed E-state index contributed by atoms with van der Waals surface area (Å²) < 4.78 is 52.3. The van der Waals surface area contributed by atoms with E-state index < -0.39 is 30.4 Å². The van der Waals surface area contributed by atoms with Crippen LogP contribution in [0.2, 0.25) is 0 Å². The smallest absolute Gasteiger partial charge is 0.216 e. The third-order valence-electron chi connectivity index (χ3n) is 5.78. The molecule has 0 N–H and O–H groups in total. The van der Waals surface area contributed by atoms with Crippen LogP contribution in [0.25, 0.3) is 0 Å². The summed E-state index contributed by atoms with van der Waals surface area (Å²) in [5.74, 6) is 0.0951. The van der Waals surface area contributed by atoms with Gasteiger partial charge in [0, 0.05) is 13.1 Å². The minimum absolute atomic E-state index is 0.0755. The van der Waals surface area contributed by atoms with Gasteiger partial charge < -0.3 is 4.90 Å². The molecule has 0 saturated carbocycles. The summed E-state index contributed by atoms with van der Waals surface area (Å²) in [6.07, 6.45) is 5.97. The maximum atomic E-state index is 13.0. The first kappa shape index (κ1) is 22.1. The molecule has 0 amide bonds. The Balaban J connectivity index is 2.00. The highest BCUT2D eigenvalue weighted by Crippen LogP contribution is 2.31. The van der Waals surface area contributed by atoms with Crippen LogP contribution in [0, 0.1) is 5.92 Å². The third kappa shape index (κ3) is 5.42. The number of nitrogens with zero attached hydrogens (tertiary/aromatic N) is 2. The Labute approximate surface area is 160 Å². The number of rotatable bonds is 9. The topological polar surface area (TPSA) is 74.8 Å². The maximum Gasteiger partial charge on any atom is 0.216 e. The van der Waals surface area contributed by atoms with E-state index in [1.165, 1.54) is 23.6 Å². The fourth-order valence-electron chi connectivity index (χ4n) is 4.19. The summed E-state index contributed by atoms with van der Waals surface area (Å²) in [5, 5.41) is -1.05. The van der Waals surface area contributed by atoms with Crippen molar-refractivity contribution in [3.63, 3.8) is 0 Å². The van der Waals surface area contributed by atoms with Crippen LogP contribution in [0.15, 0.2) is 0 Å². The fourth-order valence-corrected chi connectivity index (χ4v) is 7.70. The number of hydrogen-bond acceptors (Lipinski definition) is 5. The van der Waals surface area contributed by atoms with Gasteiger partial charge in [0.1, 0.15) is 0 Å². The molecule has 2 rings (SSSR count). The van der Waals surface area contributed by atoms with Gasteiger partial charge in [-0.3, -0.25) is 0 Å². The molecule has 154 valence electrons. The summed E-state index contributed by atoms with van der Waals surface area (Å²) in [7, 11) is -6.68. The van der Waals surface area contributed by atoms with Crippen molar-refractivity contribution in [2.24, 2.45) is 5.92 Å². The van der Waals surface area contributed by atoms with Crippen molar-refractivity contribution in [3.8, 4) is 0 Å². The average Bonchev–Trinajstić information content (AvgIpc) is 3.01. The third-order valence-corrected chi connectivity index (χ3v) is 10.3. The molecule has 26 heavy (non-hydrogen) atoms. The summed E-state index contributed by atoms with van der Waals surface area (Å²) in [5.41, 5.74) is 0. The van der Waals surface area contributed by atoms with Crippen molar-refractivity contribution < 1.29 is 16.8 Å². The van der Waals surface area contributed by atoms with Crippen LogP contribution in [0.5, 0.6) is 0 Å². The molecule has 2 atom stereocenters. The first-order chi connectivity index (χ1) is 12.2. The van der Waals surface area contributed by atoms with Crippen molar-refractivity contribution in [3.05, 3.63) is 0 Å². The molecule has 2 heterocycles. The van der Waals surface area contributed by atoms with Crippen molar-refractivity contribution >= 4 is 19.9 Å². The molecule has 8 heteroatoms. The minimum Gasteiger partial charge on any atom is -0.303 e. The molecule has 2 saturated heterocycles. The second-order valence-corrected chi connectivity index (χ2v) is 12.9. The Bertz CT molecular complexity index is 640. The fraction of sp³-hybridized carbons (Fsp3) is 1.00. The van der Waals surface area contributed by atoms with E-state index in [0.29, 0.717) is 13.0 Å². The molecule has 0 aromatic rings. The molecule has 0 radical (unpaired) electrons. The van der Waals surface area contributed by atoms with Gasteiger partial charge in [-0.25, -0.2) is 21.1 Å². The largest absolute Gasteiger partial charge is 0.303 e. The van der Waals surface area contributed by atoms with Gasteiger partial charge in [0.25, 0.3) is 0 Å². The summed E-state index contributed by atoms with van der Waals surface area (Å²) in [4.78, 5) is 2.35. The molecular formula is C18H36N2O4S2. The van der Waals surface area contributed by atoms with Gasteiger partial charge in [-0.2, -0.15) is 0 Å². The zero-order valence-electron chi connectivity index (χ0n) is 16.6. The first-order valence-corrected chi connectivity index (χ1v) is 13.3. The lowest BCUT2D eigenvalue weighted by Crippen LogP contribution is -2.37. The highest BCUT2D eigenvalue weighted by atomic mass is 32.2. The van der Waals surface area contributed by atoms with Crippen LogP contribution >= 0.6 is 0 Å². The van der Waals surface area contributed by atoms with Gasteiger partial charge in [0.2, 0.25) is 10.0 Å². The van der Waals surface area contributed by atoms with E-state index in [0.717, 1.165) is 32.5 Å². The Hall–Kier alpha value is -0.180. The van der Waals surface area contributed by atoms with Crippen LogP contribution in [0.3, 0.4) is 0 Å². The van der Waals surface area contributed by atoms with Crippen molar-refractivity contribution in [1.82, 2.24) is 9.21 Å². The molecule has 1 unspecified atom stereocenters. The monoisotopic (exact) mass is 408 g/mol. The number of sulfonamides is 1. The van der Waals surface area contributed by atoms with E-state index in [4.69, 9.17) is 0 Å². The Morgan fingerprint density at radius 3 is 2.23 bits per heavy atom. The van der Waals surface area contributed by atoms with Crippen LogP contribution in [-0.2, 0) is 19.9 Å². The lowest BCUT2D eigenvalue weighted by atomic mass is 10.0. The van der Waals surface area contributed by atoms with Crippen molar-refractivity contribution in [2.45, 2.75) is 69.8 Å². The standard InChI is InChI=1S/C18H36N2O4S2/c1-4-9-17-14-20(26(23,24)16(2)3)15-18(17)25(21,22)13-8-12-19-10-6-5-7-11-19/h16-18H,4-15H2,1-3H3/t17-,18?/m1/s1. The predicted octanol–water partition coefficient (Wildman–Crippen LogP) is 2.12. The van der Waals surface area contributed by atoms with Gasteiger partial charge in [-0.05, 0) is 65.1 Å². The SMILES string of the molecule is CCC[C@@H]1CN(S(=O)(=O)C(C)C)CC1S(=O)(=O)CCCN1CCCCC1. The van der Waals surface area contributed by atoms with E-state index in [1.807, 2.05) is 6.92 Å². The van der Waals surface area contributed by atoms with Gasteiger partial charge in [0.05, 0.1) is 16.3 Å². The molecule has 2 aliphatic rings. The zero-order chi connectivity index (χ0) is 19.4. The number of sulfone groups is 1. The van der Waals surface area contributed by atoms with Crippen molar-refractivity contribution in [1.29, 1.82) is 0 Å². The van der Waals surface area contributed by atoms with Gasteiger partial charge in [0.15, 0.2) is 9.84 Å². The maximum absolute atomic E-state index is 13.0. The van der Waals surface area contributed by atoms with Gasteiger partial charge in [-0.1, -0.05) is 19.8 Å². The second-order valence-electron chi connectivity index (χ2n) is 8.12. The second kappa shape index (κ2) is 9.34. The molecule has 0 aliphatic carbocycles. The zero-order valence-corrected chi connectivity index (χ0v) is 18.2. The van der Waals surface area contributed by atoms with Crippen molar-refractivity contribution in [2.75, 3.05) is 38.5 Å². The molecule has 0 bridgehead atoms. The quantitative estimate of drug-likeness (QED) is 0.584. The van der Waals surface area contributed by atoms with E-state index in [-0.39, 0.29) is 18.2 Å². The van der Waals surface area contributed by atoms with Crippen LogP contribution < -0.4 is 0 Å². The van der Waals surface area contributed by atoms with Crippen LogP contribution in [0.1, 0.15) is 59.3 Å². The minimum atomic E-state index is -3.40. The number of hydrogen-bond donors (Lipinski definition) is 0. The number of piperidine rings is 1. The van der Waals surface area contributed by atoms with Gasteiger partial charge >= 0.3 is 0 Å². The Kier molecular flexibility index (Phi) is 7.95.